The molecule has 1 aliphatic heterocycles. The molecule has 0 bridgehead atoms. The van der Waals surface area contributed by atoms with Gasteiger partial charge >= 0.3 is 0 Å². The molecular formula is C18H24N2O. The van der Waals surface area contributed by atoms with Crippen molar-refractivity contribution in [2.45, 2.75) is 33.1 Å². The SMILES string of the molecule is CCc1cccc2c(C(=O)CN3CCC[C@@H](C)C3)c[nH]c12. The molecule has 0 saturated carbocycles. The first kappa shape index (κ1) is 14.3. The molecule has 0 amide bonds. The first-order valence-corrected chi connectivity index (χ1v) is 8.03. The third-order valence-corrected chi connectivity index (χ3v) is 4.59. The van der Waals surface area contributed by atoms with Crippen LogP contribution in [0.2, 0.25) is 0 Å². The van der Waals surface area contributed by atoms with Crippen molar-refractivity contribution in [3.63, 3.8) is 0 Å². The summed E-state index contributed by atoms with van der Waals surface area (Å²) in [5.41, 5.74) is 3.24. The summed E-state index contributed by atoms with van der Waals surface area (Å²) in [6.07, 6.45) is 5.37. The van der Waals surface area contributed by atoms with Crippen molar-refractivity contribution in [1.29, 1.82) is 0 Å². The van der Waals surface area contributed by atoms with E-state index in [0.29, 0.717) is 12.5 Å². The summed E-state index contributed by atoms with van der Waals surface area (Å²) >= 11 is 0. The Morgan fingerprint density at radius 3 is 3.05 bits per heavy atom. The van der Waals surface area contributed by atoms with E-state index in [-0.39, 0.29) is 5.78 Å². The first-order valence-electron chi connectivity index (χ1n) is 8.03. The number of aromatic nitrogens is 1. The van der Waals surface area contributed by atoms with E-state index in [0.717, 1.165) is 36.0 Å². The number of rotatable bonds is 4. The number of hydrogen-bond donors (Lipinski definition) is 1. The predicted octanol–water partition coefficient (Wildman–Crippen LogP) is 3.64. The van der Waals surface area contributed by atoms with Crippen LogP contribution >= 0.6 is 0 Å². The third kappa shape index (κ3) is 2.88. The number of H-pyrrole nitrogens is 1. The van der Waals surface area contributed by atoms with E-state index >= 15 is 0 Å². The number of aryl methyl sites for hydroxylation is 1. The molecule has 112 valence electrons. The zero-order valence-corrected chi connectivity index (χ0v) is 13.0. The molecule has 0 unspecified atom stereocenters. The maximum atomic E-state index is 12.6. The zero-order chi connectivity index (χ0) is 14.8. The molecule has 1 saturated heterocycles. The fourth-order valence-electron chi connectivity index (χ4n) is 3.46. The van der Waals surface area contributed by atoms with Gasteiger partial charge in [-0.1, -0.05) is 32.0 Å². The van der Waals surface area contributed by atoms with Gasteiger partial charge in [-0.2, -0.15) is 0 Å². The molecule has 3 rings (SSSR count). The van der Waals surface area contributed by atoms with E-state index in [1.54, 1.807) is 0 Å². The van der Waals surface area contributed by atoms with E-state index in [4.69, 9.17) is 0 Å². The van der Waals surface area contributed by atoms with Gasteiger partial charge in [-0.15, -0.1) is 0 Å². The van der Waals surface area contributed by atoms with E-state index in [1.807, 2.05) is 6.20 Å². The van der Waals surface area contributed by atoms with Gasteiger partial charge in [0.25, 0.3) is 0 Å². The van der Waals surface area contributed by atoms with Crippen LogP contribution in [0.25, 0.3) is 10.9 Å². The monoisotopic (exact) mass is 284 g/mol. The molecule has 2 aromatic rings. The van der Waals surface area contributed by atoms with Crippen molar-refractivity contribution in [1.82, 2.24) is 9.88 Å². The van der Waals surface area contributed by atoms with E-state index in [2.05, 4.69) is 41.9 Å². The average molecular weight is 284 g/mol. The molecule has 1 aromatic heterocycles. The van der Waals surface area contributed by atoms with Crippen LogP contribution < -0.4 is 0 Å². The normalized spacial score (nSPS) is 20.0. The number of para-hydroxylation sites is 1. The Bertz CT molecular complexity index is 644. The van der Waals surface area contributed by atoms with Crippen LogP contribution in [-0.2, 0) is 6.42 Å². The topological polar surface area (TPSA) is 36.1 Å². The molecule has 1 aliphatic rings. The maximum absolute atomic E-state index is 12.6. The number of aromatic amines is 1. The highest BCUT2D eigenvalue weighted by Crippen LogP contribution is 2.23. The number of carbonyl (C=O) groups is 1. The summed E-state index contributed by atoms with van der Waals surface area (Å²) in [7, 11) is 0. The highest BCUT2D eigenvalue weighted by Gasteiger charge is 2.21. The molecule has 0 radical (unpaired) electrons. The van der Waals surface area contributed by atoms with Gasteiger partial charge in [0.1, 0.15) is 0 Å². The number of nitrogens with zero attached hydrogens (tertiary/aromatic N) is 1. The lowest BCUT2D eigenvalue weighted by Crippen LogP contribution is -2.37. The predicted molar refractivity (Wildman–Crippen MR) is 86.8 cm³/mol. The largest absolute Gasteiger partial charge is 0.360 e. The summed E-state index contributed by atoms with van der Waals surface area (Å²) in [6, 6.07) is 6.23. The average Bonchev–Trinajstić information content (AvgIpc) is 2.91. The second-order valence-corrected chi connectivity index (χ2v) is 6.30. The van der Waals surface area contributed by atoms with Crippen LogP contribution in [0.4, 0.5) is 0 Å². The van der Waals surface area contributed by atoms with E-state index in [1.165, 1.54) is 18.4 Å². The van der Waals surface area contributed by atoms with Crippen molar-refractivity contribution in [3.8, 4) is 0 Å². The van der Waals surface area contributed by atoms with Crippen LogP contribution in [0.5, 0.6) is 0 Å². The Morgan fingerprint density at radius 2 is 2.29 bits per heavy atom. The smallest absolute Gasteiger partial charge is 0.178 e. The van der Waals surface area contributed by atoms with Crippen LogP contribution in [-0.4, -0.2) is 35.3 Å². The van der Waals surface area contributed by atoms with Crippen molar-refractivity contribution in [2.24, 2.45) is 5.92 Å². The highest BCUT2D eigenvalue weighted by atomic mass is 16.1. The summed E-state index contributed by atoms with van der Waals surface area (Å²) in [4.78, 5) is 18.2. The number of carbonyl (C=O) groups excluding carboxylic acids is 1. The second kappa shape index (κ2) is 6.02. The van der Waals surface area contributed by atoms with Gasteiger partial charge in [-0.25, -0.2) is 0 Å². The Hall–Kier alpha value is -1.61. The Balaban J connectivity index is 1.81. The minimum atomic E-state index is 0.239. The molecule has 0 aliphatic carbocycles. The number of benzene rings is 1. The van der Waals surface area contributed by atoms with E-state index < -0.39 is 0 Å². The second-order valence-electron chi connectivity index (χ2n) is 6.30. The number of nitrogens with one attached hydrogen (secondary N) is 1. The van der Waals surface area contributed by atoms with Crippen LogP contribution in [0.3, 0.4) is 0 Å². The molecule has 1 fully saturated rings. The number of fused-ring (bicyclic) bond motifs is 1. The first-order chi connectivity index (χ1) is 10.2. The van der Waals surface area contributed by atoms with Gasteiger partial charge in [-0.3, -0.25) is 9.69 Å². The molecule has 0 spiro atoms. The standard InChI is InChI=1S/C18H24N2O/c1-3-14-7-4-8-15-16(10-19-18(14)15)17(21)12-20-9-5-6-13(2)11-20/h4,7-8,10,13,19H,3,5-6,9,11-12H2,1-2H3/t13-/m1/s1. The summed E-state index contributed by atoms with van der Waals surface area (Å²) < 4.78 is 0. The van der Waals surface area contributed by atoms with Gasteiger partial charge in [-0.05, 0) is 37.3 Å². The van der Waals surface area contributed by atoms with Gasteiger partial charge in [0.15, 0.2) is 5.78 Å². The lowest BCUT2D eigenvalue weighted by atomic mass is 9.99. The van der Waals surface area contributed by atoms with Gasteiger partial charge in [0.05, 0.1) is 6.54 Å². The molecule has 3 heteroatoms. The van der Waals surface area contributed by atoms with Crippen molar-refractivity contribution < 1.29 is 4.79 Å². The van der Waals surface area contributed by atoms with Gasteiger partial charge in [0.2, 0.25) is 0 Å². The van der Waals surface area contributed by atoms with Crippen LogP contribution in [0, 0.1) is 5.92 Å². The number of hydrogen-bond acceptors (Lipinski definition) is 2. The Morgan fingerprint density at radius 1 is 1.43 bits per heavy atom. The number of Topliss-reactive ketones (excluding diaryl/α,β-unsaturated/α-hetero) is 1. The third-order valence-electron chi connectivity index (χ3n) is 4.59. The van der Waals surface area contributed by atoms with E-state index in [9.17, 15) is 4.79 Å². The minimum absolute atomic E-state index is 0.239. The quantitative estimate of drug-likeness (QED) is 0.870. The molecule has 3 nitrogen and oxygen atoms in total. The summed E-state index contributed by atoms with van der Waals surface area (Å²) in [5.74, 6) is 0.949. The molecule has 2 heterocycles. The molecule has 1 aromatic carbocycles. The highest BCUT2D eigenvalue weighted by molar-refractivity contribution is 6.09. The lowest BCUT2D eigenvalue weighted by molar-refractivity contribution is 0.0894. The number of piperidine rings is 1. The number of ketones is 1. The van der Waals surface area contributed by atoms with Crippen molar-refractivity contribution in [3.05, 3.63) is 35.5 Å². The van der Waals surface area contributed by atoms with Crippen LogP contribution in [0.1, 0.15) is 42.6 Å². The molecular weight excluding hydrogens is 260 g/mol. The van der Waals surface area contributed by atoms with Crippen molar-refractivity contribution in [2.75, 3.05) is 19.6 Å². The van der Waals surface area contributed by atoms with Crippen molar-refractivity contribution >= 4 is 16.7 Å². The molecule has 21 heavy (non-hydrogen) atoms. The fraction of sp³-hybridized carbons (Fsp3) is 0.500. The molecule has 1 N–H and O–H groups in total. The fourth-order valence-corrected chi connectivity index (χ4v) is 3.46. The van der Waals surface area contributed by atoms with Gasteiger partial charge in [0, 0.05) is 29.2 Å². The Kier molecular flexibility index (Phi) is 4.11. The van der Waals surface area contributed by atoms with Gasteiger partial charge < -0.3 is 4.98 Å². The number of likely N-dealkylation sites (tertiary alicyclic amines) is 1. The maximum Gasteiger partial charge on any atom is 0.178 e. The summed E-state index contributed by atoms with van der Waals surface area (Å²) in [5, 5.41) is 1.07. The lowest BCUT2D eigenvalue weighted by Gasteiger charge is -2.30. The molecule has 1 atom stereocenters. The minimum Gasteiger partial charge on any atom is -0.360 e. The summed E-state index contributed by atoms with van der Waals surface area (Å²) in [6.45, 7) is 7.07. The van der Waals surface area contributed by atoms with Crippen LogP contribution in [0.15, 0.2) is 24.4 Å². The Labute approximate surface area is 126 Å². The zero-order valence-electron chi connectivity index (χ0n) is 13.0.